The molecule has 0 radical (unpaired) electrons. The molecule has 0 unspecified atom stereocenters. The van der Waals surface area contributed by atoms with Crippen LogP contribution in [0.2, 0.25) is 0 Å². The SMILES string of the molecule is CCCCCCCCOc1ccccc1-c1ccc(OCCCCCC)nn1. The lowest BCUT2D eigenvalue weighted by molar-refractivity contribution is 0.290. The minimum Gasteiger partial charge on any atom is -0.493 e. The van der Waals surface area contributed by atoms with E-state index >= 15 is 0 Å². The molecule has 2 aromatic rings. The first-order valence-corrected chi connectivity index (χ1v) is 11.0. The molecule has 0 saturated heterocycles. The van der Waals surface area contributed by atoms with Gasteiger partial charge in [-0.25, -0.2) is 0 Å². The van der Waals surface area contributed by atoms with Crippen LogP contribution in [0.5, 0.6) is 11.6 Å². The highest BCUT2D eigenvalue weighted by molar-refractivity contribution is 5.66. The normalized spacial score (nSPS) is 10.8. The van der Waals surface area contributed by atoms with Gasteiger partial charge in [0, 0.05) is 11.6 Å². The number of para-hydroxylation sites is 1. The van der Waals surface area contributed by atoms with Crippen molar-refractivity contribution < 1.29 is 9.47 Å². The first-order chi connectivity index (χ1) is 13.8. The molecule has 1 aromatic carbocycles. The monoisotopic (exact) mass is 384 g/mol. The van der Waals surface area contributed by atoms with E-state index in [-0.39, 0.29) is 0 Å². The third-order valence-electron chi connectivity index (χ3n) is 4.81. The first kappa shape index (κ1) is 22.2. The molecule has 1 aromatic heterocycles. The Morgan fingerprint density at radius 1 is 0.643 bits per heavy atom. The van der Waals surface area contributed by atoms with Crippen LogP contribution in [0.15, 0.2) is 36.4 Å². The van der Waals surface area contributed by atoms with Crippen molar-refractivity contribution in [3.63, 3.8) is 0 Å². The van der Waals surface area contributed by atoms with Crippen molar-refractivity contribution in [2.75, 3.05) is 13.2 Å². The van der Waals surface area contributed by atoms with Crippen LogP contribution in [0.25, 0.3) is 11.3 Å². The van der Waals surface area contributed by atoms with Crippen LogP contribution in [0.3, 0.4) is 0 Å². The quantitative estimate of drug-likeness (QED) is 0.315. The van der Waals surface area contributed by atoms with Gasteiger partial charge in [0.2, 0.25) is 5.88 Å². The number of hydrogen-bond donors (Lipinski definition) is 0. The predicted molar refractivity (Wildman–Crippen MR) is 116 cm³/mol. The molecule has 0 saturated carbocycles. The van der Waals surface area contributed by atoms with Gasteiger partial charge >= 0.3 is 0 Å². The Labute approximate surface area is 170 Å². The van der Waals surface area contributed by atoms with Gasteiger partial charge in [-0.2, -0.15) is 0 Å². The fourth-order valence-electron chi connectivity index (χ4n) is 3.11. The lowest BCUT2D eigenvalue weighted by atomic mass is 10.1. The van der Waals surface area contributed by atoms with E-state index < -0.39 is 0 Å². The number of aromatic nitrogens is 2. The van der Waals surface area contributed by atoms with Gasteiger partial charge in [0.15, 0.2) is 0 Å². The summed E-state index contributed by atoms with van der Waals surface area (Å²) in [5.74, 6) is 1.46. The Balaban J connectivity index is 1.82. The van der Waals surface area contributed by atoms with E-state index in [0.717, 1.165) is 36.5 Å². The van der Waals surface area contributed by atoms with Crippen molar-refractivity contribution in [3.8, 4) is 22.9 Å². The second-order valence-electron chi connectivity index (χ2n) is 7.28. The van der Waals surface area contributed by atoms with Crippen LogP contribution < -0.4 is 9.47 Å². The molecular formula is C24H36N2O2. The summed E-state index contributed by atoms with van der Waals surface area (Å²) in [5, 5.41) is 8.57. The molecule has 4 heteroatoms. The van der Waals surface area contributed by atoms with Crippen molar-refractivity contribution in [3.05, 3.63) is 36.4 Å². The van der Waals surface area contributed by atoms with E-state index in [0.29, 0.717) is 12.5 Å². The summed E-state index contributed by atoms with van der Waals surface area (Å²) in [5.41, 5.74) is 1.80. The van der Waals surface area contributed by atoms with Gasteiger partial charge in [0.05, 0.1) is 18.9 Å². The van der Waals surface area contributed by atoms with E-state index in [4.69, 9.17) is 9.47 Å². The van der Waals surface area contributed by atoms with E-state index in [1.807, 2.05) is 36.4 Å². The molecule has 0 aliphatic heterocycles. The molecule has 28 heavy (non-hydrogen) atoms. The molecule has 0 N–H and O–H groups in total. The zero-order valence-corrected chi connectivity index (χ0v) is 17.7. The predicted octanol–water partition coefficient (Wildman–Crippen LogP) is 6.84. The van der Waals surface area contributed by atoms with Crippen LogP contribution in [-0.2, 0) is 0 Å². The van der Waals surface area contributed by atoms with Crippen molar-refractivity contribution in [2.45, 2.75) is 78.1 Å². The third-order valence-corrected chi connectivity index (χ3v) is 4.81. The molecule has 0 amide bonds. The Bertz CT molecular complexity index is 643. The van der Waals surface area contributed by atoms with Gasteiger partial charge in [-0.1, -0.05) is 77.3 Å². The largest absolute Gasteiger partial charge is 0.493 e. The highest BCUT2D eigenvalue weighted by atomic mass is 16.5. The van der Waals surface area contributed by atoms with Crippen LogP contribution in [0.4, 0.5) is 0 Å². The average molecular weight is 385 g/mol. The summed E-state index contributed by atoms with van der Waals surface area (Å²) in [7, 11) is 0. The molecule has 0 aliphatic rings. The lowest BCUT2D eigenvalue weighted by Crippen LogP contribution is -2.02. The van der Waals surface area contributed by atoms with Crippen molar-refractivity contribution in [1.82, 2.24) is 10.2 Å². The summed E-state index contributed by atoms with van der Waals surface area (Å²) in [6, 6.07) is 11.9. The first-order valence-electron chi connectivity index (χ1n) is 11.0. The Morgan fingerprint density at radius 2 is 1.29 bits per heavy atom. The minimum atomic E-state index is 0.589. The molecule has 0 atom stereocenters. The smallest absolute Gasteiger partial charge is 0.233 e. The van der Waals surface area contributed by atoms with Crippen molar-refractivity contribution >= 4 is 0 Å². The number of nitrogens with zero attached hydrogens (tertiary/aromatic N) is 2. The number of unbranched alkanes of at least 4 members (excludes halogenated alkanes) is 8. The fraction of sp³-hybridized carbons (Fsp3) is 0.583. The fourth-order valence-corrected chi connectivity index (χ4v) is 3.11. The highest BCUT2D eigenvalue weighted by Gasteiger charge is 2.08. The molecule has 0 bridgehead atoms. The van der Waals surface area contributed by atoms with Gasteiger partial charge in [-0.3, -0.25) is 0 Å². The molecule has 154 valence electrons. The maximum Gasteiger partial charge on any atom is 0.233 e. The minimum absolute atomic E-state index is 0.589. The molecule has 2 rings (SSSR count). The zero-order valence-electron chi connectivity index (χ0n) is 17.7. The number of hydrogen-bond acceptors (Lipinski definition) is 4. The molecule has 0 fully saturated rings. The van der Waals surface area contributed by atoms with Crippen molar-refractivity contribution in [1.29, 1.82) is 0 Å². The lowest BCUT2D eigenvalue weighted by Gasteiger charge is -2.11. The number of benzene rings is 1. The van der Waals surface area contributed by atoms with Gasteiger partial charge in [-0.05, 0) is 31.0 Å². The molecular weight excluding hydrogens is 348 g/mol. The molecule has 0 spiro atoms. The third kappa shape index (κ3) is 8.28. The Morgan fingerprint density at radius 3 is 2.00 bits per heavy atom. The molecule has 4 nitrogen and oxygen atoms in total. The second kappa shape index (κ2) is 14.0. The van der Waals surface area contributed by atoms with Crippen LogP contribution in [0.1, 0.15) is 78.1 Å². The Hall–Kier alpha value is -2.10. The standard InChI is InChI=1S/C24H36N2O2/c1-3-5-7-9-10-14-19-27-23-16-12-11-15-21(23)22-17-18-24(26-25-22)28-20-13-8-6-4-2/h11-12,15-18H,3-10,13-14,19-20H2,1-2H3. The summed E-state index contributed by atoms with van der Waals surface area (Å²) in [6.45, 7) is 5.90. The van der Waals surface area contributed by atoms with Crippen LogP contribution in [0, 0.1) is 0 Å². The molecule has 1 heterocycles. The summed E-state index contributed by atoms with van der Waals surface area (Å²) >= 11 is 0. The van der Waals surface area contributed by atoms with Gasteiger partial charge in [-0.15, -0.1) is 10.2 Å². The van der Waals surface area contributed by atoms with Gasteiger partial charge in [0.1, 0.15) is 5.75 Å². The zero-order chi connectivity index (χ0) is 19.9. The summed E-state index contributed by atoms with van der Waals surface area (Å²) < 4.78 is 11.7. The maximum absolute atomic E-state index is 6.03. The van der Waals surface area contributed by atoms with Crippen LogP contribution >= 0.6 is 0 Å². The average Bonchev–Trinajstić information content (AvgIpc) is 2.74. The van der Waals surface area contributed by atoms with E-state index in [9.17, 15) is 0 Å². The van der Waals surface area contributed by atoms with E-state index in [1.54, 1.807) is 0 Å². The summed E-state index contributed by atoms with van der Waals surface area (Å²) in [4.78, 5) is 0. The second-order valence-corrected chi connectivity index (χ2v) is 7.28. The van der Waals surface area contributed by atoms with E-state index in [2.05, 4.69) is 24.0 Å². The maximum atomic E-state index is 6.03. The number of rotatable bonds is 15. The van der Waals surface area contributed by atoms with Gasteiger partial charge in [0.25, 0.3) is 0 Å². The molecule has 0 aliphatic carbocycles. The number of ether oxygens (including phenoxy) is 2. The van der Waals surface area contributed by atoms with Crippen molar-refractivity contribution in [2.24, 2.45) is 0 Å². The summed E-state index contributed by atoms with van der Waals surface area (Å²) in [6.07, 6.45) is 12.3. The Kier molecular flexibility index (Phi) is 11.1. The van der Waals surface area contributed by atoms with Gasteiger partial charge < -0.3 is 9.47 Å². The van der Waals surface area contributed by atoms with E-state index in [1.165, 1.54) is 51.4 Å². The highest BCUT2D eigenvalue weighted by Crippen LogP contribution is 2.28. The van der Waals surface area contributed by atoms with Crippen LogP contribution in [-0.4, -0.2) is 23.4 Å². The topological polar surface area (TPSA) is 44.2 Å².